The first-order valence-corrected chi connectivity index (χ1v) is 12.5. The third-order valence-corrected chi connectivity index (χ3v) is 6.93. The summed E-state index contributed by atoms with van der Waals surface area (Å²) >= 11 is 0. The van der Waals surface area contributed by atoms with Gasteiger partial charge in [-0.05, 0) is 60.7 Å². The van der Waals surface area contributed by atoms with Gasteiger partial charge < -0.3 is 10.1 Å². The van der Waals surface area contributed by atoms with E-state index in [1.165, 1.54) is 0 Å². The second-order valence-electron chi connectivity index (χ2n) is 9.34. The summed E-state index contributed by atoms with van der Waals surface area (Å²) in [4.78, 5) is 24.1. The van der Waals surface area contributed by atoms with Crippen molar-refractivity contribution in [3.63, 3.8) is 0 Å². The maximum absolute atomic E-state index is 13.5. The quantitative estimate of drug-likeness (QED) is 0.537. The van der Waals surface area contributed by atoms with Crippen molar-refractivity contribution in [1.82, 2.24) is 15.4 Å². The number of carbonyl (C=O) groups is 1. The van der Waals surface area contributed by atoms with Crippen LogP contribution < -0.4 is 5.32 Å². The Bertz CT molecular complexity index is 1220. The van der Waals surface area contributed by atoms with E-state index in [4.69, 9.17) is 9.57 Å². The summed E-state index contributed by atoms with van der Waals surface area (Å²) in [5.41, 5.74) is 3.92. The maximum atomic E-state index is 13.5. The molecule has 2 aromatic carbocycles. The Morgan fingerprint density at radius 1 is 1.06 bits per heavy atom. The predicted molar refractivity (Wildman–Crippen MR) is 137 cm³/mol. The number of aromatic nitrogens is 1. The van der Waals surface area contributed by atoms with Crippen LogP contribution >= 0.6 is 0 Å². The highest BCUT2D eigenvalue weighted by molar-refractivity contribution is 5.82. The minimum absolute atomic E-state index is 0.00837. The molecule has 2 fully saturated rings. The van der Waals surface area contributed by atoms with Gasteiger partial charge in [0.05, 0.1) is 18.8 Å². The molecule has 1 aromatic heterocycles. The molecule has 3 aromatic rings. The lowest BCUT2D eigenvalue weighted by Gasteiger charge is -2.33. The summed E-state index contributed by atoms with van der Waals surface area (Å²) < 4.78 is 5.82. The Hall–Kier alpha value is -3.50. The number of hydroxylamine groups is 2. The van der Waals surface area contributed by atoms with E-state index in [1.807, 2.05) is 59.7 Å². The van der Waals surface area contributed by atoms with Crippen LogP contribution in [0.5, 0.6) is 0 Å². The number of nitrogens with one attached hydrogen (secondary N) is 1. The van der Waals surface area contributed by atoms with Crippen LogP contribution in [-0.2, 0) is 27.5 Å². The van der Waals surface area contributed by atoms with E-state index in [2.05, 4.69) is 34.3 Å². The van der Waals surface area contributed by atoms with E-state index in [0.717, 1.165) is 41.5 Å². The second-order valence-corrected chi connectivity index (χ2v) is 9.34. The average molecular weight is 482 g/mol. The molecule has 184 valence electrons. The zero-order valence-electron chi connectivity index (χ0n) is 20.5. The fourth-order valence-electron chi connectivity index (χ4n) is 5.21. The molecule has 1 N–H and O–H groups in total. The normalized spacial score (nSPS) is 23.4. The van der Waals surface area contributed by atoms with Gasteiger partial charge in [-0.2, -0.15) is 5.06 Å². The zero-order chi connectivity index (χ0) is 24.7. The first-order chi connectivity index (χ1) is 17.7. The van der Waals surface area contributed by atoms with Crippen molar-refractivity contribution in [3.05, 3.63) is 101 Å². The van der Waals surface area contributed by atoms with Crippen molar-refractivity contribution in [2.45, 2.75) is 50.6 Å². The van der Waals surface area contributed by atoms with E-state index >= 15 is 0 Å². The molecule has 0 radical (unpaired) electrons. The van der Waals surface area contributed by atoms with Crippen LogP contribution in [0.15, 0.2) is 79.1 Å². The molecule has 36 heavy (non-hydrogen) atoms. The largest absolute Gasteiger partial charge is 0.381 e. The molecule has 6 nitrogen and oxygen atoms in total. The predicted octanol–water partition coefficient (Wildman–Crippen LogP) is 4.10. The number of amides is 1. The summed E-state index contributed by atoms with van der Waals surface area (Å²) in [7, 11) is 1.73. The lowest BCUT2D eigenvalue weighted by Crippen LogP contribution is -2.50. The van der Waals surface area contributed by atoms with Gasteiger partial charge in [-0.25, -0.2) is 0 Å². The molecule has 1 aliphatic carbocycles. The fourth-order valence-corrected chi connectivity index (χ4v) is 5.21. The minimum atomic E-state index is -0.434. The topological polar surface area (TPSA) is 63.7 Å². The van der Waals surface area contributed by atoms with E-state index in [0.29, 0.717) is 13.1 Å². The maximum Gasteiger partial charge on any atom is 0.240 e. The molecule has 6 heteroatoms. The van der Waals surface area contributed by atoms with Gasteiger partial charge in [0.15, 0.2) is 0 Å². The van der Waals surface area contributed by atoms with Gasteiger partial charge in [0.25, 0.3) is 0 Å². The van der Waals surface area contributed by atoms with Crippen LogP contribution in [0.3, 0.4) is 0 Å². The number of pyridine rings is 1. The number of benzene rings is 2. The standard InChI is InChI=1S/C30H31N3O3/c1-35-26-13-6-14-27-28(26)29(30(34)32-20-25-12-7-17-31-19-25)33(36-27)21-24-11-5-10-23(18-24)16-15-22-8-3-2-4-9-22/h2-5,7-12,17-19,26-29H,6,13-14,20-21H2,1H3,(H,32,34). The van der Waals surface area contributed by atoms with Crippen LogP contribution in [0.4, 0.5) is 0 Å². The molecule has 4 unspecified atom stereocenters. The Balaban J connectivity index is 1.35. The van der Waals surface area contributed by atoms with E-state index in [1.54, 1.807) is 19.5 Å². The third kappa shape index (κ3) is 5.66. The van der Waals surface area contributed by atoms with Crippen LogP contribution in [0.2, 0.25) is 0 Å². The molecule has 1 aliphatic heterocycles. The summed E-state index contributed by atoms with van der Waals surface area (Å²) in [6.07, 6.45) is 6.35. The SMILES string of the molecule is COC1CCCC2ON(Cc3cccc(C#Cc4ccccc4)c3)C(C(=O)NCc3cccnc3)C12. The Morgan fingerprint density at radius 3 is 2.67 bits per heavy atom. The smallest absolute Gasteiger partial charge is 0.240 e. The zero-order valence-corrected chi connectivity index (χ0v) is 20.5. The molecular weight excluding hydrogens is 450 g/mol. The highest BCUT2D eigenvalue weighted by atomic mass is 16.7. The van der Waals surface area contributed by atoms with Crippen molar-refractivity contribution < 1.29 is 14.4 Å². The summed E-state index contributed by atoms with van der Waals surface area (Å²) in [6.45, 7) is 0.922. The van der Waals surface area contributed by atoms with Gasteiger partial charge in [0.1, 0.15) is 6.04 Å². The molecular formula is C30H31N3O3. The second kappa shape index (κ2) is 11.5. The number of ether oxygens (including phenoxy) is 1. The number of nitrogens with zero attached hydrogens (tertiary/aromatic N) is 2. The van der Waals surface area contributed by atoms with Crippen LogP contribution in [0.25, 0.3) is 0 Å². The Kier molecular flexibility index (Phi) is 7.73. The number of rotatable bonds is 6. The van der Waals surface area contributed by atoms with Gasteiger partial charge in [-0.1, -0.05) is 48.2 Å². The molecule has 1 saturated carbocycles. The molecule has 2 aliphatic rings. The van der Waals surface area contributed by atoms with E-state index in [9.17, 15) is 4.79 Å². The molecule has 5 rings (SSSR count). The number of hydrogen-bond donors (Lipinski definition) is 1. The van der Waals surface area contributed by atoms with E-state index in [-0.39, 0.29) is 24.0 Å². The lowest BCUT2D eigenvalue weighted by atomic mass is 9.79. The van der Waals surface area contributed by atoms with Crippen molar-refractivity contribution in [3.8, 4) is 11.8 Å². The summed E-state index contributed by atoms with van der Waals surface area (Å²) in [5, 5.41) is 4.96. The number of hydrogen-bond acceptors (Lipinski definition) is 5. The van der Waals surface area contributed by atoms with Crippen LogP contribution in [-0.4, -0.2) is 41.3 Å². The van der Waals surface area contributed by atoms with Crippen molar-refractivity contribution in [2.75, 3.05) is 7.11 Å². The average Bonchev–Trinajstić information content (AvgIpc) is 3.30. The number of fused-ring (bicyclic) bond motifs is 1. The number of methoxy groups -OCH3 is 1. The van der Waals surface area contributed by atoms with Crippen molar-refractivity contribution >= 4 is 5.91 Å². The monoisotopic (exact) mass is 481 g/mol. The van der Waals surface area contributed by atoms with Gasteiger partial charge in [-0.15, -0.1) is 0 Å². The molecule has 1 amide bonds. The third-order valence-electron chi connectivity index (χ3n) is 6.93. The molecule has 0 bridgehead atoms. The van der Waals surface area contributed by atoms with Crippen LogP contribution in [0.1, 0.15) is 41.5 Å². The summed E-state index contributed by atoms with van der Waals surface area (Å²) in [6, 6.07) is 21.5. The van der Waals surface area contributed by atoms with Crippen molar-refractivity contribution in [2.24, 2.45) is 5.92 Å². The van der Waals surface area contributed by atoms with Gasteiger partial charge in [0.2, 0.25) is 5.91 Å². The van der Waals surface area contributed by atoms with Gasteiger partial charge in [0, 0.05) is 43.1 Å². The van der Waals surface area contributed by atoms with E-state index < -0.39 is 6.04 Å². The molecule has 0 spiro atoms. The Morgan fingerprint density at radius 2 is 1.86 bits per heavy atom. The lowest BCUT2D eigenvalue weighted by molar-refractivity contribution is -0.178. The fraction of sp³-hybridized carbons (Fsp3) is 0.333. The molecule has 2 heterocycles. The highest BCUT2D eigenvalue weighted by Crippen LogP contribution is 2.40. The summed E-state index contributed by atoms with van der Waals surface area (Å²) in [5.74, 6) is 6.40. The molecule has 4 atom stereocenters. The first-order valence-electron chi connectivity index (χ1n) is 12.5. The minimum Gasteiger partial charge on any atom is -0.381 e. The van der Waals surface area contributed by atoms with Crippen molar-refractivity contribution in [1.29, 1.82) is 0 Å². The number of carbonyl (C=O) groups excluding carboxylic acids is 1. The molecule has 1 saturated heterocycles. The Labute approximate surface area is 212 Å². The first kappa shape index (κ1) is 24.2. The van der Waals surface area contributed by atoms with Gasteiger partial charge >= 0.3 is 0 Å². The van der Waals surface area contributed by atoms with Gasteiger partial charge in [-0.3, -0.25) is 14.6 Å². The highest BCUT2D eigenvalue weighted by Gasteiger charge is 2.52. The van der Waals surface area contributed by atoms with Crippen LogP contribution in [0, 0.1) is 17.8 Å².